The number of aryl methyl sites for hydroxylation is 1. The van der Waals surface area contributed by atoms with Gasteiger partial charge < -0.3 is 9.73 Å². The molecule has 1 aromatic carbocycles. The van der Waals surface area contributed by atoms with Crippen molar-refractivity contribution in [2.75, 3.05) is 0 Å². The van der Waals surface area contributed by atoms with Crippen LogP contribution in [0.3, 0.4) is 0 Å². The predicted molar refractivity (Wildman–Crippen MR) is 116 cm³/mol. The summed E-state index contributed by atoms with van der Waals surface area (Å²) in [5.41, 5.74) is 3.66. The molecule has 0 bridgehead atoms. The Morgan fingerprint density at radius 3 is 2.43 bits per heavy atom. The third kappa shape index (κ3) is 3.42. The number of benzene rings is 1. The summed E-state index contributed by atoms with van der Waals surface area (Å²) in [6.07, 6.45) is 3.81. The van der Waals surface area contributed by atoms with E-state index in [-0.39, 0.29) is 17.0 Å². The summed E-state index contributed by atoms with van der Waals surface area (Å²) in [5.74, 6) is 0.331. The molecule has 2 heterocycles. The monoisotopic (exact) mass is 405 g/mol. The lowest BCUT2D eigenvalue weighted by molar-refractivity contribution is -0.117. The summed E-state index contributed by atoms with van der Waals surface area (Å²) in [6, 6.07) is 6.84. The van der Waals surface area contributed by atoms with Crippen molar-refractivity contribution in [3.63, 3.8) is 0 Å². The third-order valence-corrected chi connectivity index (χ3v) is 6.36. The Bertz CT molecular complexity index is 1180. The second-order valence-electron chi connectivity index (χ2n) is 8.56. The largest absolute Gasteiger partial charge is 0.461 e. The van der Waals surface area contributed by atoms with Crippen LogP contribution in [0.5, 0.6) is 0 Å². The smallest absolute Gasteiger partial charge is 0.192 e. The zero-order chi connectivity index (χ0) is 21.6. The van der Waals surface area contributed by atoms with Gasteiger partial charge in [0.05, 0.1) is 5.39 Å². The number of hydrogen-bond donors (Lipinski definition) is 1. The Balaban J connectivity index is 1.95. The molecule has 156 valence electrons. The predicted octanol–water partition coefficient (Wildman–Crippen LogP) is 4.68. The molecule has 1 aliphatic carbocycles. The van der Waals surface area contributed by atoms with Crippen molar-refractivity contribution in [2.45, 2.75) is 59.3 Å². The average molecular weight is 405 g/mol. The fraction of sp³-hybridized carbons (Fsp3) is 0.400. The maximum absolute atomic E-state index is 13.4. The van der Waals surface area contributed by atoms with Crippen LogP contribution in [0.2, 0.25) is 0 Å². The number of Topliss-reactive ketones (excluding diaryl/α,β-unsaturated/α-hetero) is 2. The molecule has 2 aromatic rings. The van der Waals surface area contributed by atoms with Crippen LogP contribution in [0.25, 0.3) is 11.0 Å². The molecule has 0 spiro atoms. The van der Waals surface area contributed by atoms with E-state index >= 15 is 0 Å². The van der Waals surface area contributed by atoms with Crippen molar-refractivity contribution in [3.05, 3.63) is 68.4 Å². The fourth-order valence-corrected chi connectivity index (χ4v) is 4.75. The Labute approximate surface area is 175 Å². The van der Waals surface area contributed by atoms with E-state index in [9.17, 15) is 14.4 Å². The normalized spacial score (nSPS) is 19.7. The second-order valence-corrected chi connectivity index (χ2v) is 8.56. The zero-order valence-corrected chi connectivity index (χ0v) is 17.9. The number of ketones is 2. The van der Waals surface area contributed by atoms with Crippen molar-refractivity contribution >= 4 is 22.5 Å². The van der Waals surface area contributed by atoms with Gasteiger partial charge >= 0.3 is 0 Å². The Morgan fingerprint density at radius 2 is 1.80 bits per heavy atom. The van der Waals surface area contributed by atoms with E-state index in [1.807, 2.05) is 19.9 Å². The van der Waals surface area contributed by atoms with Gasteiger partial charge in [-0.05, 0) is 39.7 Å². The van der Waals surface area contributed by atoms with Crippen LogP contribution in [0.4, 0.5) is 0 Å². The van der Waals surface area contributed by atoms with Gasteiger partial charge in [0.2, 0.25) is 0 Å². The number of carbonyl (C=O) groups excluding carboxylic acids is 2. The second kappa shape index (κ2) is 7.71. The summed E-state index contributed by atoms with van der Waals surface area (Å²) in [6.45, 7) is 6.99. The van der Waals surface area contributed by atoms with E-state index in [4.69, 9.17) is 4.42 Å². The Morgan fingerprint density at radius 1 is 1.10 bits per heavy atom. The molecule has 0 amide bonds. The number of para-hydroxylation sites is 1. The zero-order valence-electron chi connectivity index (χ0n) is 17.9. The van der Waals surface area contributed by atoms with Gasteiger partial charge in [-0.3, -0.25) is 14.4 Å². The number of hydrogen-bond acceptors (Lipinski definition) is 5. The SMILES string of the molecule is CC(=O)C1=C(C)NC(C)=C(C(=O)CC2CCC2)C1c1cccc2c(=O)cc(C)oc12. The number of rotatable bonds is 5. The highest BCUT2D eigenvalue weighted by Crippen LogP contribution is 2.43. The number of dihydropyridines is 1. The van der Waals surface area contributed by atoms with E-state index in [0.29, 0.717) is 45.8 Å². The molecule has 1 aromatic heterocycles. The molecule has 0 radical (unpaired) electrons. The maximum atomic E-state index is 13.4. The number of carbonyl (C=O) groups is 2. The first-order chi connectivity index (χ1) is 14.3. The van der Waals surface area contributed by atoms with Crippen molar-refractivity contribution in [2.24, 2.45) is 5.92 Å². The van der Waals surface area contributed by atoms with Crippen molar-refractivity contribution in [1.82, 2.24) is 5.32 Å². The lowest BCUT2D eigenvalue weighted by Gasteiger charge is -2.33. The van der Waals surface area contributed by atoms with Gasteiger partial charge in [0, 0.05) is 46.5 Å². The average Bonchev–Trinajstić information content (AvgIpc) is 2.63. The molecule has 0 saturated heterocycles. The van der Waals surface area contributed by atoms with Crippen LogP contribution >= 0.6 is 0 Å². The first kappa shape index (κ1) is 20.3. The Hall–Kier alpha value is -2.95. The van der Waals surface area contributed by atoms with Crippen LogP contribution in [-0.4, -0.2) is 11.6 Å². The lowest BCUT2D eigenvalue weighted by atomic mass is 9.73. The molecule has 5 heteroatoms. The van der Waals surface area contributed by atoms with Crippen LogP contribution in [-0.2, 0) is 9.59 Å². The Kier molecular flexibility index (Phi) is 5.22. The maximum Gasteiger partial charge on any atom is 0.192 e. The summed E-state index contributed by atoms with van der Waals surface area (Å²) in [7, 11) is 0. The van der Waals surface area contributed by atoms with Crippen LogP contribution in [0, 0.1) is 12.8 Å². The standard InChI is InChI=1S/C25H27NO4/c1-13-11-20(28)18-9-6-10-19(25(18)30-13)24-22(16(4)27)14(2)26-15(3)23(24)21(29)12-17-7-5-8-17/h6,9-11,17,24,26H,5,7-8,12H2,1-4H3. The molecule has 1 N–H and O–H groups in total. The highest BCUT2D eigenvalue weighted by molar-refractivity contribution is 6.05. The van der Waals surface area contributed by atoms with E-state index < -0.39 is 5.92 Å². The molecular weight excluding hydrogens is 378 g/mol. The van der Waals surface area contributed by atoms with Gasteiger partial charge in [-0.15, -0.1) is 0 Å². The highest BCUT2D eigenvalue weighted by Gasteiger charge is 2.37. The summed E-state index contributed by atoms with van der Waals surface area (Å²) >= 11 is 0. The number of allylic oxidation sites excluding steroid dienone is 4. The van der Waals surface area contributed by atoms with Crippen molar-refractivity contribution in [1.29, 1.82) is 0 Å². The molecule has 5 nitrogen and oxygen atoms in total. The van der Waals surface area contributed by atoms with Gasteiger partial charge in [0.1, 0.15) is 11.3 Å². The summed E-state index contributed by atoms with van der Waals surface area (Å²) in [4.78, 5) is 38.7. The van der Waals surface area contributed by atoms with Crippen LogP contribution < -0.4 is 10.7 Å². The van der Waals surface area contributed by atoms with Gasteiger partial charge in [0.25, 0.3) is 0 Å². The first-order valence-electron chi connectivity index (χ1n) is 10.5. The van der Waals surface area contributed by atoms with E-state index in [1.165, 1.54) is 19.4 Å². The molecule has 1 aliphatic heterocycles. The third-order valence-electron chi connectivity index (χ3n) is 6.36. The van der Waals surface area contributed by atoms with E-state index in [0.717, 1.165) is 24.2 Å². The van der Waals surface area contributed by atoms with Gasteiger partial charge in [0.15, 0.2) is 17.0 Å². The molecule has 1 atom stereocenters. The first-order valence-corrected chi connectivity index (χ1v) is 10.5. The van der Waals surface area contributed by atoms with Gasteiger partial charge in [-0.1, -0.05) is 31.4 Å². The van der Waals surface area contributed by atoms with E-state index in [2.05, 4.69) is 5.32 Å². The summed E-state index contributed by atoms with van der Waals surface area (Å²) in [5, 5.41) is 3.71. The molecule has 2 aliphatic rings. The van der Waals surface area contributed by atoms with Crippen LogP contribution in [0.15, 0.2) is 56.0 Å². The van der Waals surface area contributed by atoms with Gasteiger partial charge in [-0.2, -0.15) is 0 Å². The molecule has 30 heavy (non-hydrogen) atoms. The molecular formula is C25H27NO4. The molecule has 4 rings (SSSR count). The molecule has 1 fully saturated rings. The quantitative estimate of drug-likeness (QED) is 0.781. The fourth-order valence-electron chi connectivity index (χ4n) is 4.75. The number of fused-ring (bicyclic) bond motifs is 1. The van der Waals surface area contributed by atoms with Crippen molar-refractivity contribution in [3.8, 4) is 0 Å². The lowest BCUT2D eigenvalue weighted by Crippen LogP contribution is -2.31. The molecule has 1 saturated carbocycles. The minimum absolute atomic E-state index is 0.0629. The van der Waals surface area contributed by atoms with Gasteiger partial charge in [-0.25, -0.2) is 0 Å². The van der Waals surface area contributed by atoms with E-state index in [1.54, 1.807) is 19.1 Å². The highest BCUT2D eigenvalue weighted by atomic mass is 16.3. The topological polar surface area (TPSA) is 76.4 Å². The number of nitrogens with one attached hydrogen (secondary N) is 1. The van der Waals surface area contributed by atoms with Crippen molar-refractivity contribution < 1.29 is 14.0 Å². The minimum atomic E-state index is -0.551. The minimum Gasteiger partial charge on any atom is -0.461 e. The van der Waals surface area contributed by atoms with Crippen LogP contribution in [0.1, 0.15) is 63.7 Å². The summed E-state index contributed by atoms with van der Waals surface area (Å²) < 4.78 is 5.98. The molecule has 1 unspecified atom stereocenters.